The summed E-state index contributed by atoms with van der Waals surface area (Å²) in [5, 5.41) is 9.09. The van der Waals surface area contributed by atoms with Gasteiger partial charge >= 0.3 is 0 Å². The van der Waals surface area contributed by atoms with Crippen molar-refractivity contribution >= 4 is 11.6 Å². The Morgan fingerprint density at radius 2 is 1.85 bits per heavy atom. The second kappa shape index (κ2) is 8.39. The van der Waals surface area contributed by atoms with Crippen LogP contribution in [0.1, 0.15) is 24.0 Å². The molecule has 5 nitrogen and oxygen atoms in total. The lowest BCUT2D eigenvalue weighted by Crippen LogP contribution is -2.32. The molecule has 0 atom stereocenters. The maximum absolute atomic E-state index is 12.5. The number of carbonyl (C=O) groups is 1. The molecular formula is C21H23N3O2. The highest BCUT2D eigenvalue weighted by atomic mass is 16.5. The Hall–Kier alpha value is -3.00. The maximum Gasteiger partial charge on any atom is 0.260 e. The number of nitriles is 1. The van der Waals surface area contributed by atoms with E-state index < -0.39 is 0 Å². The van der Waals surface area contributed by atoms with Crippen molar-refractivity contribution in [3.63, 3.8) is 0 Å². The van der Waals surface area contributed by atoms with Gasteiger partial charge in [0.25, 0.3) is 5.91 Å². The van der Waals surface area contributed by atoms with E-state index in [4.69, 9.17) is 10.00 Å². The van der Waals surface area contributed by atoms with Crippen LogP contribution < -0.4 is 9.64 Å². The van der Waals surface area contributed by atoms with Gasteiger partial charge in [0.2, 0.25) is 0 Å². The Morgan fingerprint density at radius 1 is 1.15 bits per heavy atom. The van der Waals surface area contributed by atoms with Crippen molar-refractivity contribution in [3.8, 4) is 11.8 Å². The molecule has 1 saturated heterocycles. The van der Waals surface area contributed by atoms with Crippen LogP contribution in [0.15, 0.2) is 48.5 Å². The van der Waals surface area contributed by atoms with Gasteiger partial charge in [-0.05, 0) is 36.6 Å². The highest BCUT2D eigenvalue weighted by molar-refractivity contribution is 5.77. The van der Waals surface area contributed by atoms with E-state index in [2.05, 4.69) is 23.1 Å². The van der Waals surface area contributed by atoms with E-state index in [0.29, 0.717) is 17.9 Å². The van der Waals surface area contributed by atoms with E-state index in [9.17, 15) is 4.79 Å². The van der Waals surface area contributed by atoms with Gasteiger partial charge in [0, 0.05) is 32.4 Å². The minimum Gasteiger partial charge on any atom is -0.482 e. The molecular weight excluding hydrogens is 326 g/mol. The van der Waals surface area contributed by atoms with E-state index in [1.54, 1.807) is 36.2 Å². The quantitative estimate of drug-likeness (QED) is 0.804. The number of anilines is 1. The lowest BCUT2D eigenvalue weighted by Gasteiger charge is -2.24. The predicted molar refractivity (Wildman–Crippen MR) is 101 cm³/mol. The number of likely N-dealkylation sites (N-methyl/N-ethyl adjacent to an activating group) is 1. The van der Waals surface area contributed by atoms with Gasteiger partial charge in [-0.1, -0.05) is 30.3 Å². The zero-order chi connectivity index (χ0) is 18.4. The molecule has 1 fully saturated rings. The van der Waals surface area contributed by atoms with Crippen LogP contribution >= 0.6 is 0 Å². The number of para-hydroxylation sites is 2. The van der Waals surface area contributed by atoms with Crippen LogP contribution in [0.3, 0.4) is 0 Å². The molecule has 1 aliphatic rings. The summed E-state index contributed by atoms with van der Waals surface area (Å²) in [6, 6.07) is 17.3. The summed E-state index contributed by atoms with van der Waals surface area (Å²) in [7, 11) is 1.78. The fourth-order valence-electron chi connectivity index (χ4n) is 3.19. The first-order chi connectivity index (χ1) is 12.7. The third-order valence-electron chi connectivity index (χ3n) is 4.63. The number of nitrogens with zero attached hydrogens (tertiary/aromatic N) is 3. The van der Waals surface area contributed by atoms with Gasteiger partial charge in [-0.3, -0.25) is 4.79 Å². The Balaban J connectivity index is 1.62. The molecule has 1 amide bonds. The normalized spacial score (nSPS) is 13.3. The second-order valence-electron chi connectivity index (χ2n) is 6.47. The molecule has 26 heavy (non-hydrogen) atoms. The van der Waals surface area contributed by atoms with Gasteiger partial charge in [-0.2, -0.15) is 5.26 Å². The second-order valence-corrected chi connectivity index (χ2v) is 6.47. The van der Waals surface area contributed by atoms with Crippen molar-refractivity contribution in [3.05, 3.63) is 59.7 Å². The lowest BCUT2D eigenvalue weighted by molar-refractivity contribution is -0.132. The summed E-state index contributed by atoms with van der Waals surface area (Å²) in [6.45, 7) is 2.60. The van der Waals surface area contributed by atoms with E-state index in [0.717, 1.165) is 18.7 Å². The molecule has 5 heteroatoms. The fraction of sp³-hybridized carbons (Fsp3) is 0.333. The van der Waals surface area contributed by atoms with Gasteiger partial charge in [0.15, 0.2) is 6.61 Å². The van der Waals surface area contributed by atoms with Crippen LogP contribution in [0.4, 0.5) is 5.69 Å². The number of carbonyl (C=O) groups excluding carboxylic acids is 1. The van der Waals surface area contributed by atoms with Crippen molar-refractivity contribution in [2.24, 2.45) is 0 Å². The molecule has 2 aromatic rings. The summed E-state index contributed by atoms with van der Waals surface area (Å²) in [6.07, 6.45) is 2.44. The number of benzene rings is 2. The Morgan fingerprint density at radius 3 is 2.62 bits per heavy atom. The molecule has 134 valence electrons. The number of amides is 1. The SMILES string of the molecule is CN(Cc1ccccc1N1CCCC1)C(=O)COc1ccccc1C#N. The number of rotatable bonds is 6. The average molecular weight is 349 g/mol. The summed E-state index contributed by atoms with van der Waals surface area (Å²) in [5.41, 5.74) is 2.78. The first kappa shape index (κ1) is 17.8. The highest BCUT2D eigenvalue weighted by Crippen LogP contribution is 2.25. The summed E-state index contributed by atoms with van der Waals surface area (Å²) >= 11 is 0. The zero-order valence-corrected chi connectivity index (χ0v) is 15.0. The molecule has 3 rings (SSSR count). The van der Waals surface area contributed by atoms with E-state index in [-0.39, 0.29) is 12.5 Å². The van der Waals surface area contributed by atoms with Gasteiger partial charge in [0.1, 0.15) is 11.8 Å². The number of hydrogen-bond donors (Lipinski definition) is 0. The van der Waals surface area contributed by atoms with Crippen molar-refractivity contribution in [2.75, 3.05) is 31.6 Å². The molecule has 0 unspecified atom stereocenters. The lowest BCUT2D eigenvalue weighted by atomic mass is 10.1. The molecule has 1 aliphatic heterocycles. The van der Waals surface area contributed by atoms with E-state index in [1.807, 2.05) is 12.1 Å². The van der Waals surface area contributed by atoms with Crippen molar-refractivity contribution in [1.29, 1.82) is 5.26 Å². The third kappa shape index (κ3) is 4.15. The first-order valence-corrected chi connectivity index (χ1v) is 8.88. The third-order valence-corrected chi connectivity index (χ3v) is 4.63. The van der Waals surface area contributed by atoms with Crippen LogP contribution in [0.5, 0.6) is 5.75 Å². The summed E-state index contributed by atoms with van der Waals surface area (Å²) < 4.78 is 5.55. The molecule has 0 radical (unpaired) electrons. The number of ether oxygens (including phenoxy) is 1. The summed E-state index contributed by atoms with van der Waals surface area (Å²) in [5.74, 6) is 0.322. The van der Waals surface area contributed by atoms with Crippen LogP contribution in [-0.2, 0) is 11.3 Å². The first-order valence-electron chi connectivity index (χ1n) is 8.88. The highest BCUT2D eigenvalue weighted by Gasteiger charge is 2.18. The maximum atomic E-state index is 12.5. The Kier molecular flexibility index (Phi) is 5.75. The largest absolute Gasteiger partial charge is 0.482 e. The molecule has 2 aromatic carbocycles. The van der Waals surface area contributed by atoms with Crippen LogP contribution in [0.25, 0.3) is 0 Å². The number of hydrogen-bond acceptors (Lipinski definition) is 4. The summed E-state index contributed by atoms with van der Waals surface area (Å²) in [4.78, 5) is 16.5. The topological polar surface area (TPSA) is 56.6 Å². The van der Waals surface area contributed by atoms with Crippen molar-refractivity contribution in [2.45, 2.75) is 19.4 Å². The molecule has 0 spiro atoms. The average Bonchev–Trinajstić information content (AvgIpc) is 3.21. The molecule has 0 saturated carbocycles. The van der Waals surface area contributed by atoms with Crippen molar-refractivity contribution in [1.82, 2.24) is 4.90 Å². The van der Waals surface area contributed by atoms with Gasteiger partial charge in [0.05, 0.1) is 5.56 Å². The Bertz CT molecular complexity index is 807. The standard InChI is InChI=1S/C21H23N3O2/c1-23(21(25)16-26-20-11-5-3-8-17(20)14-22)15-18-9-2-4-10-19(18)24-12-6-7-13-24/h2-5,8-11H,6-7,12-13,15-16H2,1H3. The van der Waals surface area contributed by atoms with Crippen molar-refractivity contribution < 1.29 is 9.53 Å². The monoisotopic (exact) mass is 349 g/mol. The predicted octanol–water partition coefficient (Wildman–Crippen LogP) is 3.20. The minimum absolute atomic E-state index is 0.0823. The van der Waals surface area contributed by atoms with Gasteiger partial charge in [-0.25, -0.2) is 0 Å². The molecule has 0 N–H and O–H groups in total. The van der Waals surface area contributed by atoms with E-state index in [1.165, 1.54) is 18.5 Å². The van der Waals surface area contributed by atoms with Crippen LogP contribution in [0.2, 0.25) is 0 Å². The zero-order valence-electron chi connectivity index (χ0n) is 15.0. The molecule has 0 bridgehead atoms. The van der Waals surface area contributed by atoms with Crippen LogP contribution in [0, 0.1) is 11.3 Å². The molecule has 0 aromatic heterocycles. The van der Waals surface area contributed by atoms with Gasteiger partial charge < -0.3 is 14.5 Å². The smallest absolute Gasteiger partial charge is 0.260 e. The molecule has 1 heterocycles. The molecule has 0 aliphatic carbocycles. The minimum atomic E-state index is -0.117. The Labute approximate surface area is 154 Å². The fourth-order valence-corrected chi connectivity index (χ4v) is 3.19. The van der Waals surface area contributed by atoms with Gasteiger partial charge in [-0.15, -0.1) is 0 Å². The van der Waals surface area contributed by atoms with E-state index >= 15 is 0 Å². The van der Waals surface area contributed by atoms with Crippen LogP contribution in [-0.4, -0.2) is 37.6 Å².